The van der Waals surface area contributed by atoms with Crippen molar-refractivity contribution >= 4 is 22.7 Å². The first-order chi connectivity index (χ1) is 17.8. The van der Waals surface area contributed by atoms with Gasteiger partial charge in [-0.15, -0.1) is 0 Å². The lowest BCUT2D eigenvalue weighted by atomic mass is 10.1. The fourth-order valence-corrected chi connectivity index (χ4v) is 4.88. The molecule has 0 bridgehead atoms. The molecule has 0 aliphatic carbocycles. The summed E-state index contributed by atoms with van der Waals surface area (Å²) >= 11 is 1.11. The lowest BCUT2D eigenvalue weighted by Gasteiger charge is -2.24. The SMILES string of the molecule is CCCOc1cccc(C2SC(c3ccc(F)cc3)=NN2C(=O)c2cc(F)c(F)c(OC)c2F)c1OC. The van der Waals surface area contributed by atoms with Gasteiger partial charge in [-0.2, -0.15) is 9.49 Å². The maximum absolute atomic E-state index is 15.0. The van der Waals surface area contributed by atoms with Crippen molar-refractivity contribution in [1.29, 1.82) is 0 Å². The molecule has 11 heteroatoms. The molecule has 37 heavy (non-hydrogen) atoms. The Labute approximate surface area is 214 Å². The number of halogens is 4. The second-order valence-corrected chi connectivity index (χ2v) is 8.90. The highest BCUT2D eigenvalue weighted by molar-refractivity contribution is 8.14. The molecular weight excluding hydrogens is 512 g/mol. The van der Waals surface area contributed by atoms with Gasteiger partial charge in [0.05, 0.1) is 26.4 Å². The molecule has 1 aliphatic heterocycles. The predicted molar refractivity (Wildman–Crippen MR) is 131 cm³/mol. The van der Waals surface area contributed by atoms with Crippen LogP contribution in [0.3, 0.4) is 0 Å². The van der Waals surface area contributed by atoms with E-state index in [1.807, 2.05) is 6.92 Å². The van der Waals surface area contributed by atoms with Gasteiger partial charge in [-0.1, -0.05) is 30.8 Å². The van der Waals surface area contributed by atoms with E-state index in [1.54, 1.807) is 18.2 Å². The fourth-order valence-electron chi connectivity index (χ4n) is 3.71. The predicted octanol–water partition coefficient (Wildman–Crippen LogP) is 6.30. The smallest absolute Gasteiger partial charge is 0.278 e. The Bertz CT molecular complexity index is 1350. The van der Waals surface area contributed by atoms with Crippen LogP contribution in [0.5, 0.6) is 17.2 Å². The average molecular weight is 535 g/mol. The van der Waals surface area contributed by atoms with Crippen LogP contribution in [0.1, 0.15) is 40.2 Å². The quantitative estimate of drug-likeness (QED) is 0.251. The Hall–Kier alpha value is -3.73. The van der Waals surface area contributed by atoms with Crippen LogP contribution in [-0.2, 0) is 0 Å². The van der Waals surface area contributed by atoms with Crippen molar-refractivity contribution in [3.05, 3.63) is 88.5 Å². The van der Waals surface area contributed by atoms with E-state index in [0.29, 0.717) is 40.3 Å². The van der Waals surface area contributed by atoms with Crippen LogP contribution in [-0.4, -0.2) is 36.8 Å². The topological polar surface area (TPSA) is 60.4 Å². The van der Waals surface area contributed by atoms with Crippen molar-refractivity contribution in [3.63, 3.8) is 0 Å². The summed E-state index contributed by atoms with van der Waals surface area (Å²) in [6, 6.07) is 11.0. The van der Waals surface area contributed by atoms with E-state index in [0.717, 1.165) is 30.3 Å². The molecule has 0 fully saturated rings. The van der Waals surface area contributed by atoms with Crippen LogP contribution < -0.4 is 14.2 Å². The normalized spacial score (nSPS) is 14.9. The Morgan fingerprint density at radius 2 is 1.70 bits per heavy atom. The van der Waals surface area contributed by atoms with Gasteiger partial charge in [-0.05, 0) is 42.8 Å². The Kier molecular flexibility index (Phi) is 7.91. The number of ether oxygens (including phenoxy) is 3. The zero-order valence-corrected chi connectivity index (χ0v) is 20.9. The van der Waals surface area contributed by atoms with Crippen molar-refractivity contribution in [2.75, 3.05) is 20.8 Å². The van der Waals surface area contributed by atoms with E-state index in [9.17, 15) is 18.0 Å². The van der Waals surface area contributed by atoms with Crippen LogP contribution in [0.2, 0.25) is 0 Å². The molecule has 1 amide bonds. The number of para-hydroxylation sites is 1. The molecule has 0 aromatic heterocycles. The van der Waals surface area contributed by atoms with Crippen LogP contribution in [0, 0.1) is 23.3 Å². The molecule has 0 saturated carbocycles. The van der Waals surface area contributed by atoms with Gasteiger partial charge in [0, 0.05) is 11.1 Å². The summed E-state index contributed by atoms with van der Waals surface area (Å²) in [6.45, 7) is 2.36. The van der Waals surface area contributed by atoms with E-state index in [2.05, 4.69) is 9.84 Å². The third kappa shape index (κ3) is 5.08. The van der Waals surface area contributed by atoms with Crippen LogP contribution in [0.4, 0.5) is 17.6 Å². The van der Waals surface area contributed by atoms with Gasteiger partial charge in [0.2, 0.25) is 5.82 Å². The summed E-state index contributed by atoms with van der Waals surface area (Å²) in [5.41, 5.74) is 0.181. The first-order valence-corrected chi connectivity index (χ1v) is 12.0. The number of thioether (sulfide) groups is 1. The number of carbonyl (C=O) groups excluding carboxylic acids is 1. The first kappa shape index (κ1) is 26.3. The number of hydrogen-bond donors (Lipinski definition) is 0. The number of carbonyl (C=O) groups is 1. The molecule has 1 heterocycles. The molecule has 6 nitrogen and oxygen atoms in total. The molecule has 3 aromatic carbocycles. The van der Waals surface area contributed by atoms with Gasteiger partial charge in [-0.3, -0.25) is 4.79 Å². The van der Waals surface area contributed by atoms with Crippen molar-refractivity contribution in [2.24, 2.45) is 5.10 Å². The summed E-state index contributed by atoms with van der Waals surface area (Å²) < 4.78 is 72.8. The summed E-state index contributed by atoms with van der Waals surface area (Å²) in [5.74, 6) is -6.17. The third-order valence-electron chi connectivity index (χ3n) is 5.43. The Morgan fingerprint density at radius 3 is 2.35 bits per heavy atom. The average Bonchev–Trinajstić information content (AvgIpc) is 3.35. The van der Waals surface area contributed by atoms with E-state index in [-0.39, 0.29) is 0 Å². The van der Waals surface area contributed by atoms with Gasteiger partial charge in [-0.25, -0.2) is 18.2 Å². The number of rotatable bonds is 8. The van der Waals surface area contributed by atoms with Crippen LogP contribution >= 0.6 is 11.8 Å². The largest absolute Gasteiger partial charge is 0.492 e. The van der Waals surface area contributed by atoms with E-state index >= 15 is 4.39 Å². The monoisotopic (exact) mass is 534 g/mol. The van der Waals surface area contributed by atoms with E-state index in [4.69, 9.17) is 9.47 Å². The maximum Gasteiger partial charge on any atom is 0.278 e. The molecule has 0 spiro atoms. The standard InChI is InChI=1S/C26H22F4N2O4S/c1-4-12-36-19-7-5-6-16(22(19)34-2)26-32(31-24(37-26)14-8-10-15(27)11-9-14)25(33)17-13-18(28)21(30)23(35-3)20(17)29/h5-11,13,26H,4,12H2,1-3H3. The lowest BCUT2D eigenvalue weighted by Crippen LogP contribution is -2.27. The Morgan fingerprint density at radius 1 is 1.00 bits per heavy atom. The summed E-state index contributed by atoms with van der Waals surface area (Å²) in [5, 5.41) is 4.71. The molecule has 4 rings (SSSR count). The summed E-state index contributed by atoms with van der Waals surface area (Å²) in [6.07, 6.45) is 0.741. The van der Waals surface area contributed by atoms with Crippen molar-refractivity contribution in [2.45, 2.75) is 18.7 Å². The number of methoxy groups -OCH3 is 2. The van der Waals surface area contributed by atoms with Gasteiger partial charge < -0.3 is 14.2 Å². The van der Waals surface area contributed by atoms with Crippen molar-refractivity contribution < 1.29 is 36.6 Å². The minimum Gasteiger partial charge on any atom is -0.492 e. The van der Waals surface area contributed by atoms with E-state index in [1.165, 1.54) is 31.4 Å². The maximum atomic E-state index is 15.0. The Balaban J connectivity index is 1.84. The molecular formula is C26H22F4N2O4S. The van der Waals surface area contributed by atoms with Crippen molar-refractivity contribution in [3.8, 4) is 17.2 Å². The molecule has 194 valence electrons. The second-order valence-electron chi connectivity index (χ2n) is 7.83. The molecule has 1 aliphatic rings. The highest BCUT2D eigenvalue weighted by atomic mass is 32.2. The number of hydrazone groups is 1. The third-order valence-corrected chi connectivity index (χ3v) is 6.65. The molecule has 0 N–H and O–H groups in total. The van der Waals surface area contributed by atoms with Gasteiger partial charge >= 0.3 is 0 Å². The molecule has 1 atom stereocenters. The zero-order chi connectivity index (χ0) is 26.7. The number of hydrogen-bond acceptors (Lipinski definition) is 6. The van der Waals surface area contributed by atoms with Crippen LogP contribution in [0.25, 0.3) is 0 Å². The van der Waals surface area contributed by atoms with E-state index < -0.39 is 45.9 Å². The summed E-state index contributed by atoms with van der Waals surface area (Å²) in [4.78, 5) is 13.6. The highest BCUT2D eigenvalue weighted by Crippen LogP contribution is 2.48. The molecule has 1 unspecified atom stereocenters. The van der Waals surface area contributed by atoms with Gasteiger partial charge in [0.1, 0.15) is 16.2 Å². The second kappa shape index (κ2) is 11.1. The minimum atomic E-state index is -1.55. The molecule has 3 aromatic rings. The number of amides is 1. The van der Waals surface area contributed by atoms with Gasteiger partial charge in [0.25, 0.3) is 5.91 Å². The number of nitrogens with zero attached hydrogens (tertiary/aromatic N) is 2. The van der Waals surface area contributed by atoms with Crippen molar-refractivity contribution in [1.82, 2.24) is 5.01 Å². The van der Waals surface area contributed by atoms with Crippen LogP contribution in [0.15, 0.2) is 53.6 Å². The summed E-state index contributed by atoms with van der Waals surface area (Å²) in [7, 11) is 2.40. The molecule has 0 saturated heterocycles. The first-order valence-electron chi connectivity index (χ1n) is 11.2. The number of benzene rings is 3. The highest BCUT2D eigenvalue weighted by Gasteiger charge is 2.39. The zero-order valence-electron chi connectivity index (χ0n) is 20.1. The lowest BCUT2D eigenvalue weighted by molar-refractivity contribution is 0.0741. The minimum absolute atomic E-state index is 0.315. The fraction of sp³-hybridized carbons (Fsp3) is 0.231. The van der Waals surface area contributed by atoms with Gasteiger partial charge in [0.15, 0.2) is 28.9 Å². The molecule has 0 radical (unpaired) electrons.